The summed E-state index contributed by atoms with van der Waals surface area (Å²) in [6.07, 6.45) is 7.65. The Labute approximate surface area is 196 Å². The fourth-order valence-electron chi connectivity index (χ4n) is 4.61. The quantitative estimate of drug-likeness (QED) is 0.630. The number of nitrogens with one attached hydrogen (secondary N) is 2. The SMILES string of the molecule is N#CCCN(C(=O)CCC(=O)N1CCC(NC(=O)NC2CCCCC2)CC1)c1ccccc1. The summed E-state index contributed by atoms with van der Waals surface area (Å²) < 4.78 is 0. The lowest BCUT2D eigenvalue weighted by molar-refractivity contribution is -0.134. The number of hydrogen-bond acceptors (Lipinski definition) is 4. The number of benzene rings is 1. The molecule has 1 saturated heterocycles. The predicted molar refractivity (Wildman–Crippen MR) is 126 cm³/mol. The largest absolute Gasteiger partial charge is 0.343 e. The van der Waals surface area contributed by atoms with Gasteiger partial charge in [-0.3, -0.25) is 9.59 Å². The average Bonchev–Trinajstić information content (AvgIpc) is 2.84. The number of carbonyl (C=O) groups is 3. The molecular weight excluding hydrogens is 418 g/mol. The molecule has 0 spiro atoms. The van der Waals surface area contributed by atoms with E-state index in [-0.39, 0.29) is 49.2 Å². The molecule has 1 saturated carbocycles. The number of piperidine rings is 1. The van der Waals surface area contributed by atoms with Crippen LogP contribution in [-0.4, -0.2) is 54.5 Å². The molecular formula is C25H35N5O3. The zero-order valence-corrected chi connectivity index (χ0v) is 19.3. The second kappa shape index (κ2) is 12.8. The molecule has 2 N–H and O–H groups in total. The van der Waals surface area contributed by atoms with E-state index in [4.69, 9.17) is 5.26 Å². The maximum atomic E-state index is 12.8. The smallest absolute Gasteiger partial charge is 0.315 e. The van der Waals surface area contributed by atoms with Gasteiger partial charge in [0.15, 0.2) is 0 Å². The summed E-state index contributed by atoms with van der Waals surface area (Å²) in [7, 11) is 0. The Hall–Kier alpha value is -3.08. The van der Waals surface area contributed by atoms with E-state index in [2.05, 4.69) is 16.7 Å². The minimum atomic E-state index is -0.152. The molecule has 3 rings (SSSR count). The Morgan fingerprint density at radius 2 is 1.58 bits per heavy atom. The lowest BCUT2D eigenvalue weighted by Gasteiger charge is -2.33. The van der Waals surface area contributed by atoms with Gasteiger partial charge >= 0.3 is 6.03 Å². The third-order valence-electron chi connectivity index (χ3n) is 6.49. The minimum absolute atomic E-state index is 0.0400. The number of nitrogens with zero attached hydrogens (tertiary/aromatic N) is 3. The van der Waals surface area contributed by atoms with E-state index in [1.807, 2.05) is 30.3 Å². The summed E-state index contributed by atoms with van der Waals surface area (Å²) >= 11 is 0. The van der Waals surface area contributed by atoms with Crippen molar-refractivity contribution in [2.24, 2.45) is 0 Å². The first-order valence-corrected chi connectivity index (χ1v) is 12.1. The standard InChI is InChI=1S/C25H35N5O3/c26-16-7-17-30(22-10-5-2-6-11-22)24(32)13-12-23(31)29-18-14-21(15-19-29)28-25(33)27-20-8-3-1-4-9-20/h2,5-6,10-11,20-21H,1,3-4,7-9,12-15,17-19H2,(H2,27,28,33). The van der Waals surface area contributed by atoms with Gasteiger partial charge in [0, 0.05) is 50.2 Å². The van der Waals surface area contributed by atoms with Crippen molar-refractivity contribution >= 4 is 23.5 Å². The van der Waals surface area contributed by atoms with E-state index < -0.39 is 0 Å². The van der Waals surface area contributed by atoms with Crippen LogP contribution < -0.4 is 15.5 Å². The number of hydrogen-bond donors (Lipinski definition) is 2. The number of para-hydroxylation sites is 1. The first-order valence-electron chi connectivity index (χ1n) is 12.1. The summed E-state index contributed by atoms with van der Waals surface area (Å²) in [6, 6.07) is 11.6. The van der Waals surface area contributed by atoms with E-state index in [1.54, 1.807) is 9.80 Å². The summed E-state index contributed by atoms with van der Waals surface area (Å²) in [6.45, 7) is 1.48. The second-order valence-corrected chi connectivity index (χ2v) is 8.90. The van der Waals surface area contributed by atoms with E-state index in [1.165, 1.54) is 19.3 Å². The van der Waals surface area contributed by atoms with Crippen molar-refractivity contribution in [3.8, 4) is 6.07 Å². The van der Waals surface area contributed by atoms with Crippen molar-refractivity contribution in [1.82, 2.24) is 15.5 Å². The van der Waals surface area contributed by atoms with Crippen LogP contribution in [-0.2, 0) is 9.59 Å². The number of rotatable bonds is 8. The van der Waals surface area contributed by atoms with Gasteiger partial charge < -0.3 is 20.4 Å². The molecule has 178 valence electrons. The Bertz CT molecular complexity index is 824. The fraction of sp³-hybridized carbons (Fsp3) is 0.600. The topological polar surface area (TPSA) is 106 Å². The number of anilines is 1. The molecule has 0 bridgehead atoms. The summed E-state index contributed by atoms with van der Waals surface area (Å²) in [5.41, 5.74) is 0.739. The van der Waals surface area contributed by atoms with Gasteiger partial charge in [0.2, 0.25) is 11.8 Å². The van der Waals surface area contributed by atoms with Crippen molar-refractivity contribution in [2.75, 3.05) is 24.5 Å². The highest BCUT2D eigenvalue weighted by molar-refractivity contribution is 5.95. The van der Waals surface area contributed by atoms with Crippen LogP contribution in [0.3, 0.4) is 0 Å². The Balaban J connectivity index is 1.39. The molecule has 8 heteroatoms. The van der Waals surface area contributed by atoms with Crippen LogP contribution in [0.15, 0.2) is 30.3 Å². The summed E-state index contributed by atoms with van der Waals surface area (Å²) in [5, 5.41) is 15.0. The summed E-state index contributed by atoms with van der Waals surface area (Å²) in [4.78, 5) is 41.1. The van der Waals surface area contributed by atoms with Crippen molar-refractivity contribution < 1.29 is 14.4 Å². The van der Waals surface area contributed by atoms with E-state index in [9.17, 15) is 14.4 Å². The first-order chi connectivity index (χ1) is 16.1. The molecule has 1 aliphatic carbocycles. The molecule has 0 aromatic heterocycles. The van der Waals surface area contributed by atoms with Crippen LogP contribution in [0, 0.1) is 11.3 Å². The van der Waals surface area contributed by atoms with Gasteiger partial charge in [-0.05, 0) is 37.8 Å². The van der Waals surface area contributed by atoms with Crippen LogP contribution in [0.2, 0.25) is 0 Å². The summed E-state index contributed by atoms with van der Waals surface area (Å²) in [5.74, 6) is -0.192. The van der Waals surface area contributed by atoms with Gasteiger partial charge in [0.1, 0.15) is 0 Å². The van der Waals surface area contributed by atoms with Crippen LogP contribution >= 0.6 is 0 Å². The van der Waals surface area contributed by atoms with Crippen LogP contribution in [0.5, 0.6) is 0 Å². The highest BCUT2D eigenvalue weighted by Gasteiger charge is 2.26. The molecule has 2 aliphatic rings. The molecule has 1 aromatic rings. The first kappa shape index (κ1) is 24.6. The van der Waals surface area contributed by atoms with Gasteiger partial charge in [-0.15, -0.1) is 0 Å². The van der Waals surface area contributed by atoms with E-state index >= 15 is 0 Å². The lowest BCUT2D eigenvalue weighted by Crippen LogP contribution is -2.51. The number of nitriles is 1. The highest BCUT2D eigenvalue weighted by atomic mass is 16.2. The molecule has 33 heavy (non-hydrogen) atoms. The molecule has 1 aromatic carbocycles. The fourth-order valence-corrected chi connectivity index (χ4v) is 4.61. The van der Waals surface area contributed by atoms with Crippen molar-refractivity contribution in [2.45, 2.75) is 76.3 Å². The second-order valence-electron chi connectivity index (χ2n) is 8.90. The number of likely N-dealkylation sites (tertiary alicyclic amines) is 1. The molecule has 1 aliphatic heterocycles. The van der Waals surface area contributed by atoms with Gasteiger partial charge in [0.25, 0.3) is 0 Å². The molecule has 0 atom stereocenters. The zero-order chi connectivity index (χ0) is 23.5. The van der Waals surface area contributed by atoms with Crippen LogP contribution in [0.25, 0.3) is 0 Å². The van der Waals surface area contributed by atoms with Gasteiger partial charge in [0.05, 0.1) is 12.5 Å². The Morgan fingerprint density at radius 1 is 0.939 bits per heavy atom. The monoisotopic (exact) mass is 453 g/mol. The minimum Gasteiger partial charge on any atom is -0.343 e. The number of amides is 4. The van der Waals surface area contributed by atoms with Gasteiger partial charge in [-0.25, -0.2) is 4.79 Å². The molecule has 0 radical (unpaired) electrons. The Morgan fingerprint density at radius 3 is 2.21 bits per heavy atom. The average molecular weight is 454 g/mol. The van der Waals surface area contributed by atoms with Crippen LogP contribution in [0.1, 0.15) is 64.2 Å². The molecule has 8 nitrogen and oxygen atoms in total. The number of carbonyl (C=O) groups excluding carboxylic acids is 3. The molecule has 2 fully saturated rings. The normalized spacial score (nSPS) is 17.1. The maximum Gasteiger partial charge on any atom is 0.315 e. The number of urea groups is 1. The van der Waals surface area contributed by atoms with Gasteiger partial charge in [-0.1, -0.05) is 37.5 Å². The highest BCUT2D eigenvalue weighted by Crippen LogP contribution is 2.19. The maximum absolute atomic E-state index is 12.8. The van der Waals surface area contributed by atoms with Crippen molar-refractivity contribution in [3.63, 3.8) is 0 Å². The van der Waals surface area contributed by atoms with Crippen molar-refractivity contribution in [1.29, 1.82) is 5.26 Å². The predicted octanol–water partition coefficient (Wildman–Crippen LogP) is 3.34. The Kier molecular flexibility index (Phi) is 9.55. The van der Waals surface area contributed by atoms with E-state index in [0.29, 0.717) is 19.6 Å². The van der Waals surface area contributed by atoms with Gasteiger partial charge in [-0.2, -0.15) is 5.26 Å². The van der Waals surface area contributed by atoms with Crippen LogP contribution in [0.4, 0.5) is 10.5 Å². The van der Waals surface area contributed by atoms with E-state index in [0.717, 1.165) is 31.4 Å². The molecule has 4 amide bonds. The third kappa shape index (κ3) is 7.77. The third-order valence-corrected chi connectivity index (χ3v) is 6.49. The molecule has 1 heterocycles. The lowest BCUT2D eigenvalue weighted by atomic mass is 9.96. The van der Waals surface area contributed by atoms with Crippen molar-refractivity contribution in [3.05, 3.63) is 30.3 Å². The molecule has 0 unspecified atom stereocenters. The zero-order valence-electron chi connectivity index (χ0n) is 19.3.